The van der Waals surface area contributed by atoms with Gasteiger partial charge in [0, 0.05) is 16.4 Å². The number of ether oxygens (including phenoxy) is 2. The lowest BCUT2D eigenvalue weighted by atomic mass is 10.3. The maximum Gasteiger partial charge on any atom is 0.234 e. The first kappa shape index (κ1) is 24.4. The van der Waals surface area contributed by atoms with E-state index in [0.29, 0.717) is 34.0 Å². The second-order valence-electron chi connectivity index (χ2n) is 7.33. The molecule has 0 saturated heterocycles. The lowest BCUT2D eigenvalue weighted by Gasteiger charge is -2.12. The Morgan fingerprint density at radius 1 is 0.971 bits per heavy atom. The zero-order chi connectivity index (χ0) is 24.6. The molecule has 1 amide bonds. The highest BCUT2D eigenvalue weighted by atomic mass is 35.5. The Balaban J connectivity index is 1.50. The van der Waals surface area contributed by atoms with E-state index in [9.17, 15) is 4.79 Å². The standard InChI is InChI=1S/C25H24ClN5O3S/c1-33-20-13-9-18(10-14-20)27-15-23-29-30-25(31(23)19-11-7-17(26)8-12-19)35-16-24(32)28-21-5-3-4-6-22(21)34-2/h3-14,27H,15-16H2,1-2H3,(H,28,32). The van der Waals surface area contributed by atoms with E-state index in [2.05, 4.69) is 20.8 Å². The molecule has 35 heavy (non-hydrogen) atoms. The van der Waals surface area contributed by atoms with Crippen LogP contribution in [0.1, 0.15) is 5.82 Å². The first-order chi connectivity index (χ1) is 17.1. The molecule has 0 saturated carbocycles. The summed E-state index contributed by atoms with van der Waals surface area (Å²) in [5, 5.41) is 16.2. The number of nitrogens with one attached hydrogen (secondary N) is 2. The van der Waals surface area contributed by atoms with Gasteiger partial charge in [0.25, 0.3) is 0 Å². The summed E-state index contributed by atoms with van der Waals surface area (Å²) in [5.41, 5.74) is 2.38. The van der Waals surface area contributed by atoms with Gasteiger partial charge < -0.3 is 20.1 Å². The maximum absolute atomic E-state index is 12.6. The van der Waals surface area contributed by atoms with Crippen LogP contribution in [0.4, 0.5) is 11.4 Å². The SMILES string of the molecule is COc1ccc(NCc2nnc(SCC(=O)Nc3ccccc3OC)n2-c2ccc(Cl)cc2)cc1. The lowest BCUT2D eigenvalue weighted by molar-refractivity contribution is -0.113. The predicted molar refractivity (Wildman–Crippen MR) is 139 cm³/mol. The Bertz CT molecular complexity index is 1280. The molecule has 0 fully saturated rings. The summed E-state index contributed by atoms with van der Waals surface area (Å²) in [4.78, 5) is 12.6. The van der Waals surface area contributed by atoms with Crippen molar-refractivity contribution in [3.63, 3.8) is 0 Å². The lowest BCUT2D eigenvalue weighted by Crippen LogP contribution is -2.15. The van der Waals surface area contributed by atoms with E-state index in [0.717, 1.165) is 17.1 Å². The topological polar surface area (TPSA) is 90.3 Å². The highest BCUT2D eigenvalue weighted by Crippen LogP contribution is 2.26. The number of methoxy groups -OCH3 is 2. The van der Waals surface area contributed by atoms with Gasteiger partial charge in [-0.05, 0) is 60.7 Å². The number of nitrogens with zero attached hydrogens (tertiary/aromatic N) is 3. The molecule has 0 radical (unpaired) electrons. The highest BCUT2D eigenvalue weighted by Gasteiger charge is 2.17. The van der Waals surface area contributed by atoms with Crippen LogP contribution in [0.5, 0.6) is 11.5 Å². The monoisotopic (exact) mass is 509 g/mol. The Kier molecular flexibility index (Phi) is 8.12. The molecule has 1 aromatic heterocycles. The number of amides is 1. The Labute approximate surface area is 212 Å². The molecule has 4 rings (SSSR count). The van der Waals surface area contributed by atoms with Crippen LogP contribution in [-0.2, 0) is 11.3 Å². The number of rotatable bonds is 10. The predicted octanol–water partition coefficient (Wildman–Crippen LogP) is 5.28. The smallest absolute Gasteiger partial charge is 0.234 e. The third kappa shape index (κ3) is 6.26. The summed E-state index contributed by atoms with van der Waals surface area (Å²) in [6.07, 6.45) is 0. The van der Waals surface area contributed by atoms with Gasteiger partial charge >= 0.3 is 0 Å². The maximum atomic E-state index is 12.6. The summed E-state index contributed by atoms with van der Waals surface area (Å²) < 4.78 is 12.4. The molecule has 2 N–H and O–H groups in total. The van der Waals surface area contributed by atoms with Crippen molar-refractivity contribution in [2.45, 2.75) is 11.7 Å². The number of aromatic nitrogens is 3. The number of hydrogen-bond acceptors (Lipinski definition) is 7. The van der Waals surface area contributed by atoms with Crippen LogP contribution < -0.4 is 20.1 Å². The summed E-state index contributed by atoms with van der Waals surface area (Å²) in [7, 11) is 3.20. The van der Waals surface area contributed by atoms with E-state index >= 15 is 0 Å². The van der Waals surface area contributed by atoms with E-state index in [4.69, 9.17) is 21.1 Å². The van der Waals surface area contributed by atoms with E-state index in [1.165, 1.54) is 11.8 Å². The molecule has 3 aromatic carbocycles. The Hall–Kier alpha value is -3.69. The Morgan fingerprint density at radius 3 is 2.43 bits per heavy atom. The molecular weight excluding hydrogens is 486 g/mol. The van der Waals surface area contributed by atoms with E-state index in [1.54, 1.807) is 38.5 Å². The van der Waals surface area contributed by atoms with Gasteiger partial charge in [0.05, 0.1) is 32.2 Å². The molecule has 0 spiro atoms. The third-order valence-electron chi connectivity index (χ3n) is 5.04. The average molecular weight is 510 g/mol. The van der Waals surface area contributed by atoms with E-state index in [-0.39, 0.29) is 11.7 Å². The van der Waals surface area contributed by atoms with Crippen LogP contribution >= 0.6 is 23.4 Å². The van der Waals surface area contributed by atoms with Crippen molar-refractivity contribution in [3.05, 3.63) is 83.6 Å². The quantitative estimate of drug-likeness (QED) is 0.281. The number of para-hydroxylation sites is 2. The van der Waals surface area contributed by atoms with Crippen molar-refractivity contribution in [3.8, 4) is 17.2 Å². The van der Waals surface area contributed by atoms with Gasteiger partial charge in [-0.3, -0.25) is 9.36 Å². The van der Waals surface area contributed by atoms with Crippen LogP contribution in [0.15, 0.2) is 78.0 Å². The molecule has 0 atom stereocenters. The van der Waals surface area contributed by atoms with Crippen LogP contribution in [0, 0.1) is 0 Å². The van der Waals surface area contributed by atoms with Crippen LogP contribution in [0.25, 0.3) is 5.69 Å². The van der Waals surface area contributed by atoms with E-state index in [1.807, 2.05) is 53.1 Å². The largest absolute Gasteiger partial charge is 0.497 e. The Morgan fingerprint density at radius 2 is 1.71 bits per heavy atom. The van der Waals surface area contributed by atoms with Gasteiger partial charge in [0.1, 0.15) is 11.5 Å². The van der Waals surface area contributed by atoms with Gasteiger partial charge in [-0.25, -0.2) is 0 Å². The van der Waals surface area contributed by atoms with Crippen LogP contribution in [0.2, 0.25) is 5.02 Å². The normalized spacial score (nSPS) is 10.6. The van der Waals surface area contributed by atoms with Crippen LogP contribution in [0.3, 0.4) is 0 Å². The number of hydrogen-bond donors (Lipinski definition) is 2. The van der Waals surface area contributed by atoms with Gasteiger partial charge in [-0.1, -0.05) is 35.5 Å². The van der Waals surface area contributed by atoms with Crippen molar-refractivity contribution in [2.24, 2.45) is 0 Å². The molecule has 0 aliphatic carbocycles. The van der Waals surface area contributed by atoms with Crippen molar-refractivity contribution in [1.82, 2.24) is 14.8 Å². The molecule has 0 bridgehead atoms. The second-order valence-corrected chi connectivity index (χ2v) is 8.71. The molecule has 0 aliphatic rings. The number of halogens is 1. The number of benzene rings is 3. The minimum Gasteiger partial charge on any atom is -0.497 e. The minimum atomic E-state index is -0.178. The highest BCUT2D eigenvalue weighted by molar-refractivity contribution is 7.99. The molecule has 1 heterocycles. The zero-order valence-electron chi connectivity index (χ0n) is 19.2. The van der Waals surface area contributed by atoms with Gasteiger partial charge in [-0.2, -0.15) is 0 Å². The second kappa shape index (κ2) is 11.6. The molecule has 10 heteroatoms. The van der Waals surface area contributed by atoms with Crippen molar-refractivity contribution >= 4 is 40.6 Å². The fourth-order valence-corrected chi connectivity index (χ4v) is 4.21. The van der Waals surface area contributed by atoms with Crippen molar-refractivity contribution < 1.29 is 14.3 Å². The number of carbonyl (C=O) groups excluding carboxylic acids is 1. The van der Waals surface area contributed by atoms with Crippen LogP contribution in [-0.4, -0.2) is 40.6 Å². The number of anilines is 2. The van der Waals surface area contributed by atoms with Crippen molar-refractivity contribution in [1.29, 1.82) is 0 Å². The summed E-state index contributed by atoms with van der Waals surface area (Å²) in [6, 6.07) is 22.3. The third-order valence-corrected chi connectivity index (χ3v) is 6.22. The fraction of sp³-hybridized carbons (Fsp3) is 0.160. The number of carbonyl (C=O) groups is 1. The minimum absolute atomic E-state index is 0.148. The molecule has 8 nitrogen and oxygen atoms in total. The summed E-state index contributed by atoms with van der Waals surface area (Å²) in [6.45, 7) is 0.427. The summed E-state index contributed by atoms with van der Waals surface area (Å²) in [5.74, 6) is 2.04. The molecule has 180 valence electrons. The molecular formula is C25H24ClN5O3S. The van der Waals surface area contributed by atoms with Gasteiger partial charge in [-0.15, -0.1) is 10.2 Å². The first-order valence-electron chi connectivity index (χ1n) is 10.7. The van der Waals surface area contributed by atoms with Gasteiger partial charge in [0.15, 0.2) is 11.0 Å². The first-order valence-corrected chi connectivity index (χ1v) is 12.1. The number of thioether (sulfide) groups is 1. The molecule has 0 aliphatic heterocycles. The van der Waals surface area contributed by atoms with Gasteiger partial charge in [0.2, 0.25) is 5.91 Å². The average Bonchev–Trinajstić information content (AvgIpc) is 3.30. The fourth-order valence-electron chi connectivity index (χ4n) is 3.31. The zero-order valence-corrected chi connectivity index (χ0v) is 20.8. The molecule has 0 unspecified atom stereocenters. The van der Waals surface area contributed by atoms with Crippen molar-refractivity contribution in [2.75, 3.05) is 30.6 Å². The summed E-state index contributed by atoms with van der Waals surface area (Å²) >= 11 is 7.39. The molecule has 4 aromatic rings. The van der Waals surface area contributed by atoms with E-state index < -0.39 is 0 Å².